The van der Waals surface area contributed by atoms with Crippen LogP contribution in [0.15, 0.2) is 18.2 Å². The number of aromatic amines is 1. The van der Waals surface area contributed by atoms with Crippen LogP contribution in [-0.2, 0) is 9.59 Å². The van der Waals surface area contributed by atoms with E-state index in [2.05, 4.69) is 15.6 Å². The van der Waals surface area contributed by atoms with Gasteiger partial charge in [0.25, 0.3) is 11.8 Å². The van der Waals surface area contributed by atoms with Gasteiger partial charge in [-0.15, -0.1) is 0 Å². The van der Waals surface area contributed by atoms with Crippen molar-refractivity contribution in [3.63, 3.8) is 0 Å². The molecule has 3 rings (SSSR count). The molecule has 146 valence electrons. The average molecular weight is 385 g/mol. The quantitative estimate of drug-likeness (QED) is 0.593. The number of aromatic nitrogens is 1. The third kappa shape index (κ3) is 3.66. The fourth-order valence-corrected chi connectivity index (χ4v) is 3.32. The molecule has 1 aliphatic rings. The Kier molecular flexibility index (Phi) is 5.04. The van der Waals surface area contributed by atoms with Gasteiger partial charge in [0, 0.05) is 28.7 Å². The van der Waals surface area contributed by atoms with Crippen molar-refractivity contribution in [3.05, 3.63) is 52.1 Å². The van der Waals surface area contributed by atoms with Gasteiger partial charge in [0.1, 0.15) is 5.82 Å². The van der Waals surface area contributed by atoms with E-state index in [1.54, 1.807) is 26.8 Å². The van der Waals surface area contributed by atoms with Crippen LogP contribution in [0.1, 0.15) is 46.2 Å². The number of benzene rings is 1. The smallest absolute Gasteiger partial charge is 0.305 e. The molecule has 7 nitrogen and oxygen atoms in total. The van der Waals surface area contributed by atoms with Crippen molar-refractivity contribution >= 4 is 35.1 Å². The lowest BCUT2D eigenvalue weighted by Crippen LogP contribution is -2.34. The summed E-state index contributed by atoms with van der Waals surface area (Å²) in [4.78, 5) is 38.7. The molecule has 1 unspecified atom stereocenters. The molecule has 0 bridgehead atoms. The van der Waals surface area contributed by atoms with Crippen molar-refractivity contribution in [1.82, 2.24) is 10.3 Å². The summed E-state index contributed by atoms with van der Waals surface area (Å²) < 4.78 is 13.6. The molecule has 0 radical (unpaired) electrons. The normalized spacial score (nSPS) is 15.3. The van der Waals surface area contributed by atoms with E-state index in [0.717, 1.165) is 0 Å². The average Bonchev–Trinajstić information content (AvgIpc) is 3.03. The maximum absolute atomic E-state index is 13.6. The predicted octanol–water partition coefficient (Wildman–Crippen LogP) is 2.86. The minimum Gasteiger partial charge on any atom is -0.481 e. The van der Waals surface area contributed by atoms with Crippen LogP contribution in [0.25, 0.3) is 11.6 Å². The van der Waals surface area contributed by atoms with E-state index >= 15 is 0 Å². The van der Waals surface area contributed by atoms with E-state index in [-0.39, 0.29) is 12.3 Å². The topological polar surface area (TPSA) is 111 Å². The highest BCUT2D eigenvalue weighted by atomic mass is 19.1. The Balaban J connectivity index is 1.94. The molecule has 0 spiro atoms. The van der Waals surface area contributed by atoms with Crippen molar-refractivity contribution in [2.45, 2.75) is 33.2 Å². The molecule has 4 N–H and O–H groups in total. The minimum absolute atomic E-state index is 0.187. The third-order valence-electron chi connectivity index (χ3n) is 4.61. The number of amides is 2. The molecular formula is C20H20FN3O4. The SMILES string of the molecule is Cc1[nH]c(/C=C2\C(=O)Nc3ccc(F)cc32)c(C)c1C(=O)NC(C)CC(=O)O. The molecular weight excluding hydrogens is 365 g/mol. The number of carboxylic acid groups (broad SMARTS) is 1. The van der Waals surface area contributed by atoms with Crippen LogP contribution in [0.5, 0.6) is 0 Å². The summed E-state index contributed by atoms with van der Waals surface area (Å²) in [5.74, 6) is -2.20. The van der Waals surface area contributed by atoms with Crippen molar-refractivity contribution in [2.75, 3.05) is 5.32 Å². The zero-order valence-corrected chi connectivity index (χ0v) is 15.6. The van der Waals surface area contributed by atoms with E-state index in [1.165, 1.54) is 18.2 Å². The van der Waals surface area contributed by atoms with Gasteiger partial charge in [-0.2, -0.15) is 0 Å². The van der Waals surface area contributed by atoms with Crippen LogP contribution in [0, 0.1) is 19.7 Å². The number of carboxylic acids is 1. The van der Waals surface area contributed by atoms with Gasteiger partial charge in [0.05, 0.1) is 17.6 Å². The van der Waals surface area contributed by atoms with E-state index < -0.39 is 23.7 Å². The first-order valence-corrected chi connectivity index (χ1v) is 8.72. The summed E-state index contributed by atoms with van der Waals surface area (Å²) in [6, 6.07) is 3.52. The highest BCUT2D eigenvalue weighted by Crippen LogP contribution is 2.34. The van der Waals surface area contributed by atoms with Crippen molar-refractivity contribution in [3.8, 4) is 0 Å². The van der Waals surface area contributed by atoms with Crippen molar-refractivity contribution < 1.29 is 23.9 Å². The van der Waals surface area contributed by atoms with E-state index in [4.69, 9.17) is 5.11 Å². The number of aliphatic carboxylic acids is 1. The molecule has 1 atom stereocenters. The summed E-state index contributed by atoms with van der Waals surface area (Å²) in [5, 5.41) is 14.2. The molecule has 1 aromatic heterocycles. The zero-order valence-electron chi connectivity index (χ0n) is 15.6. The van der Waals surface area contributed by atoms with Crippen molar-refractivity contribution in [1.29, 1.82) is 0 Å². The Morgan fingerprint density at radius 2 is 2.04 bits per heavy atom. The van der Waals surface area contributed by atoms with Gasteiger partial charge in [0.15, 0.2) is 0 Å². The number of fused-ring (bicyclic) bond motifs is 1. The Labute approximate surface area is 160 Å². The summed E-state index contributed by atoms with van der Waals surface area (Å²) in [6.07, 6.45) is 1.40. The van der Waals surface area contributed by atoms with Crippen LogP contribution in [-0.4, -0.2) is 33.9 Å². The number of hydrogen-bond acceptors (Lipinski definition) is 3. The number of carbonyl (C=O) groups is 3. The first-order valence-electron chi connectivity index (χ1n) is 8.72. The number of nitrogens with one attached hydrogen (secondary N) is 3. The molecule has 2 amide bonds. The van der Waals surface area contributed by atoms with Crippen LogP contribution in [0.4, 0.5) is 10.1 Å². The summed E-state index contributed by atoms with van der Waals surface area (Å²) in [7, 11) is 0. The summed E-state index contributed by atoms with van der Waals surface area (Å²) in [5.41, 5.74) is 3.42. The molecule has 0 fully saturated rings. The highest BCUT2D eigenvalue weighted by molar-refractivity contribution is 6.34. The second kappa shape index (κ2) is 7.30. The van der Waals surface area contributed by atoms with Gasteiger partial charge in [-0.05, 0) is 50.6 Å². The maximum atomic E-state index is 13.6. The minimum atomic E-state index is -1.00. The zero-order chi connectivity index (χ0) is 20.6. The fraction of sp³-hybridized carbons (Fsp3) is 0.250. The number of H-pyrrole nitrogens is 1. The maximum Gasteiger partial charge on any atom is 0.305 e. The first kappa shape index (κ1) is 19.3. The Bertz CT molecular complexity index is 1020. The second-order valence-electron chi connectivity index (χ2n) is 6.84. The molecule has 0 aliphatic carbocycles. The molecule has 0 saturated heterocycles. The molecule has 0 saturated carbocycles. The van der Waals surface area contributed by atoms with Crippen LogP contribution in [0.3, 0.4) is 0 Å². The number of rotatable bonds is 5. The van der Waals surface area contributed by atoms with E-state index in [1.807, 2.05) is 0 Å². The molecule has 2 heterocycles. The second-order valence-corrected chi connectivity index (χ2v) is 6.84. The Morgan fingerprint density at radius 1 is 1.32 bits per heavy atom. The van der Waals surface area contributed by atoms with Crippen molar-refractivity contribution in [2.24, 2.45) is 0 Å². The Morgan fingerprint density at radius 3 is 2.71 bits per heavy atom. The lowest BCUT2D eigenvalue weighted by Gasteiger charge is -2.12. The molecule has 28 heavy (non-hydrogen) atoms. The monoisotopic (exact) mass is 385 g/mol. The van der Waals surface area contributed by atoms with Crippen LogP contribution < -0.4 is 10.6 Å². The van der Waals surface area contributed by atoms with E-state index in [9.17, 15) is 18.8 Å². The molecule has 1 aromatic carbocycles. The number of aryl methyl sites for hydroxylation is 1. The lowest BCUT2D eigenvalue weighted by molar-refractivity contribution is -0.137. The fourth-order valence-electron chi connectivity index (χ4n) is 3.32. The predicted molar refractivity (Wildman–Crippen MR) is 102 cm³/mol. The number of hydrogen-bond donors (Lipinski definition) is 4. The van der Waals surface area contributed by atoms with Gasteiger partial charge in [-0.3, -0.25) is 14.4 Å². The largest absolute Gasteiger partial charge is 0.481 e. The Hall–Kier alpha value is -3.42. The molecule has 2 aromatic rings. The standard InChI is InChI=1S/C20H20FN3O4/c1-9(6-17(25)26)22-20(28)18-10(2)16(23-11(18)3)8-14-13-7-12(21)4-5-15(13)24-19(14)27/h4-5,7-9,23H,6H2,1-3H3,(H,22,28)(H,24,27)(H,25,26)/b14-8-. The molecule has 1 aliphatic heterocycles. The van der Waals surface area contributed by atoms with Gasteiger partial charge in [-0.1, -0.05) is 0 Å². The number of carbonyl (C=O) groups excluding carboxylic acids is 2. The van der Waals surface area contributed by atoms with Crippen LogP contribution in [0.2, 0.25) is 0 Å². The van der Waals surface area contributed by atoms with Gasteiger partial charge in [-0.25, -0.2) is 4.39 Å². The van der Waals surface area contributed by atoms with Gasteiger partial charge >= 0.3 is 5.97 Å². The number of halogens is 1. The number of anilines is 1. The van der Waals surface area contributed by atoms with Gasteiger partial charge < -0.3 is 20.7 Å². The highest BCUT2D eigenvalue weighted by Gasteiger charge is 2.26. The summed E-state index contributed by atoms with van der Waals surface area (Å²) >= 11 is 0. The summed E-state index contributed by atoms with van der Waals surface area (Å²) in [6.45, 7) is 5.06. The van der Waals surface area contributed by atoms with Gasteiger partial charge in [0.2, 0.25) is 0 Å². The molecule has 8 heteroatoms. The third-order valence-corrected chi connectivity index (χ3v) is 4.61. The van der Waals surface area contributed by atoms with E-state index in [0.29, 0.717) is 39.3 Å². The first-order chi connectivity index (χ1) is 13.2. The lowest BCUT2D eigenvalue weighted by atomic mass is 10.0. The van der Waals surface area contributed by atoms with Crippen LogP contribution >= 0.6 is 0 Å².